The van der Waals surface area contributed by atoms with Crippen molar-refractivity contribution in [1.29, 1.82) is 0 Å². The molecular formula is C27H39F3. The first-order valence-electron chi connectivity index (χ1n) is 12.7. The van der Waals surface area contributed by atoms with Gasteiger partial charge in [0.1, 0.15) is 0 Å². The van der Waals surface area contributed by atoms with E-state index in [1.165, 1.54) is 89.2 Å². The van der Waals surface area contributed by atoms with Gasteiger partial charge in [0.05, 0.1) is 0 Å². The lowest BCUT2D eigenvalue weighted by atomic mass is 9.68. The maximum Gasteiger partial charge on any atom is 0.194 e. The van der Waals surface area contributed by atoms with E-state index in [2.05, 4.69) is 0 Å². The highest BCUT2D eigenvalue weighted by atomic mass is 19.2. The largest absolute Gasteiger partial charge is 0.204 e. The lowest BCUT2D eigenvalue weighted by molar-refractivity contribution is 0.155. The van der Waals surface area contributed by atoms with Crippen LogP contribution in [0.4, 0.5) is 13.2 Å². The Labute approximate surface area is 181 Å². The third-order valence-electron chi connectivity index (χ3n) is 8.76. The SMILES string of the molecule is Fc1cc(C2CCC(C3CCC(CCCCC4CCCC4)CC3)CC2)cc(F)c1F. The molecule has 4 rings (SSSR count). The summed E-state index contributed by atoms with van der Waals surface area (Å²) in [4.78, 5) is 0. The van der Waals surface area contributed by atoms with Gasteiger partial charge in [-0.05, 0) is 85.8 Å². The van der Waals surface area contributed by atoms with E-state index in [9.17, 15) is 13.2 Å². The van der Waals surface area contributed by atoms with Gasteiger partial charge in [0.15, 0.2) is 17.5 Å². The fourth-order valence-corrected chi connectivity index (χ4v) is 6.85. The van der Waals surface area contributed by atoms with E-state index in [-0.39, 0.29) is 5.92 Å². The highest BCUT2D eigenvalue weighted by Gasteiger charge is 2.31. The van der Waals surface area contributed by atoms with Crippen LogP contribution >= 0.6 is 0 Å². The third-order valence-corrected chi connectivity index (χ3v) is 8.76. The minimum Gasteiger partial charge on any atom is -0.204 e. The van der Waals surface area contributed by atoms with Gasteiger partial charge >= 0.3 is 0 Å². The molecule has 0 radical (unpaired) electrons. The van der Waals surface area contributed by atoms with Gasteiger partial charge < -0.3 is 0 Å². The molecule has 0 bridgehead atoms. The monoisotopic (exact) mass is 420 g/mol. The van der Waals surface area contributed by atoms with E-state index >= 15 is 0 Å². The molecule has 0 amide bonds. The number of hydrogen-bond donors (Lipinski definition) is 0. The minimum absolute atomic E-state index is 0.182. The standard InChI is InChI=1S/C27H39F3/c28-25-17-24(18-26(29)27(25)30)23-15-13-22(14-16-23)21-11-9-20(10-12-21)8-4-3-7-19-5-1-2-6-19/h17-23H,1-16H2. The molecule has 0 unspecified atom stereocenters. The molecule has 0 nitrogen and oxygen atoms in total. The van der Waals surface area contributed by atoms with Gasteiger partial charge in [0, 0.05) is 0 Å². The van der Waals surface area contributed by atoms with Crippen molar-refractivity contribution < 1.29 is 13.2 Å². The van der Waals surface area contributed by atoms with Crippen LogP contribution in [-0.2, 0) is 0 Å². The van der Waals surface area contributed by atoms with Crippen LogP contribution < -0.4 is 0 Å². The predicted molar refractivity (Wildman–Crippen MR) is 117 cm³/mol. The zero-order chi connectivity index (χ0) is 20.9. The number of halogens is 3. The Bertz CT molecular complexity index is 640. The van der Waals surface area contributed by atoms with Crippen LogP contribution in [0.3, 0.4) is 0 Å². The highest BCUT2D eigenvalue weighted by Crippen LogP contribution is 2.45. The topological polar surface area (TPSA) is 0 Å². The van der Waals surface area contributed by atoms with Gasteiger partial charge in [-0.25, -0.2) is 13.2 Å². The zero-order valence-electron chi connectivity index (χ0n) is 18.5. The van der Waals surface area contributed by atoms with Gasteiger partial charge in [-0.15, -0.1) is 0 Å². The Morgan fingerprint density at radius 1 is 0.600 bits per heavy atom. The van der Waals surface area contributed by atoms with Gasteiger partial charge in [0.2, 0.25) is 0 Å². The van der Waals surface area contributed by atoms with Crippen LogP contribution in [0.25, 0.3) is 0 Å². The van der Waals surface area contributed by atoms with E-state index < -0.39 is 17.5 Å². The Hall–Kier alpha value is -0.990. The van der Waals surface area contributed by atoms with E-state index in [4.69, 9.17) is 0 Å². The van der Waals surface area contributed by atoms with Gasteiger partial charge in [0.25, 0.3) is 0 Å². The summed E-state index contributed by atoms with van der Waals surface area (Å²) < 4.78 is 40.4. The van der Waals surface area contributed by atoms with Crippen LogP contribution in [0, 0.1) is 41.1 Å². The molecule has 1 aromatic carbocycles. The van der Waals surface area contributed by atoms with Crippen molar-refractivity contribution in [3.8, 4) is 0 Å². The molecule has 0 atom stereocenters. The second-order valence-electron chi connectivity index (χ2n) is 10.6. The second-order valence-corrected chi connectivity index (χ2v) is 10.6. The van der Waals surface area contributed by atoms with Crippen LogP contribution in [0.1, 0.15) is 114 Å². The summed E-state index contributed by atoms with van der Waals surface area (Å²) >= 11 is 0. The van der Waals surface area contributed by atoms with Crippen molar-refractivity contribution in [3.05, 3.63) is 35.1 Å². The van der Waals surface area contributed by atoms with Crippen LogP contribution in [0.2, 0.25) is 0 Å². The van der Waals surface area contributed by atoms with Crippen molar-refractivity contribution in [3.63, 3.8) is 0 Å². The van der Waals surface area contributed by atoms with Crippen molar-refractivity contribution in [2.45, 2.75) is 109 Å². The molecule has 0 saturated heterocycles. The number of hydrogen-bond acceptors (Lipinski definition) is 0. The van der Waals surface area contributed by atoms with E-state index in [0.717, 1.165) is 49.4 Å². The first-order chi connectivity index (χ1) is 14.6. The molecular weight excluding hydrogens is 381 g/mol. The summed E-state index contributed by atoms with van der Waals surface area (Å²) in [5.74, 6) is 0.361. The summed E-state index contributed by atoms with van der Waals surface area (Å²) in [6, 6.07) is 2.42. The van der Waals surface area contributed by atoms with Crippen LogP contribution in [0.5, 0.6) is 0 Å². The van der Waals surface area contributed by atoms with Crippen molar-refractivity contribution in [2.24, 2.45) is 23.7 Å². The molecule has 3 aliphatic rings. The van der Waals surface area contributed by atoms with Crippen molar-refractivity contribution in [1.82, 2.24) is 0 Å². The Balaban J connectivity index is 1.15. The first-order valence-corrected chi connectivity index (χ1v) is 12.7. The average molecular weight is 421 g/mol. The summed E-state index contributed by atoms with van der Waals surface area (Å²) in [6.45, 7) is 0. The smallest absolute Gasteiger partial charge is 0.194 e. The molecule has 30 heavy (non-hydrogen) atoms. The van der Waals surface area contributed by atoms with Crippen LogP contribution in [0.15, 0.2) is 12.1 Å². The summed E-state index contributed by atoms with van der Waals surface area (Å²) in [6.07, 6.45) is 21.5. The fourth-order valence-electron chi connectivity index (χ4n) is 6.85. The Kier molecular flexibility index (Phi) is 7.81. The average Bonchev–Trinajstić information content (AvgIpc) is 3.29. The Morgan fingerprint density at radius 2 is 1.07 bits per heavy atom. The molecule has 0 N–H and O–H groups in total. The van der Waals surface area contributed by atoms with Crippen LogP contribution in [-0.4, -0.2) is 0 Å². The molecule has 0 spiro atoms. The lowest BCUT2D eigenvalue weighted by Gasteiger charge is -2.38. The predicted octanol–water partition coefficient (Wildman–Crippen LogP) is 8.93. The quantitative estimate of drug-likeness (QED) is 0.305. The molecule has 3 saturated carbocycles. The summed E-state index contributed by atoms with van der Waals surface area (Å²) in [5, 5.41) is 0. The molecule has 168 valence electrons. The Morgan fingerprint density at radius 3 is 1.60 bits per heavy atom. The summed E-state index contributed by atoms with van der Waals surface area (Å²) in [5.41, 5.74) is 0.645. The molecule has 0 aliphatic heterocycles. The maximum atomic E-state index is 13.6. The molecule has 3 heteroatoms. The van der Waals surface area contributed by atoms with E-state index in [1.54, 1.807) is 0 Å². The zero-order valence-corrected chi connectivity index (χ0v) is 18.5. The second kappa shape index (κ2) is 10.6. The normalized spacial score (nSPS) is 30.6. The van der Waals surface area contributed by atoms with E-state index in [1.807, 2.05) is 0 Å². The van der Waals surface area contributed by atoms with E-state index in [0.29, 0.717) is 5.56 Å². The number of benzene rings is 1. The molecule has 0 aromatic heterocycles. The van der Waals surface area contributed by atoms with Gasteiger partial charge in [-0.1, -0.05) is 64.2 Å². The molecule has 3 fully saturated rings. The molecule has 0 heterocycles. The van der Waals surface area contributed by atoms with Gasteiger partial charge in [-0.3, -0.25) is 0 Å². The highest BCUT2D eigenvalue weighted by molar-refractivity contribution is 5.23. The fraction of sp³-hybridized carbons (Fsp3) is 0.778. The first kappa shape index (κ1) is 22.2. The summed E-state index contributed by atoms with van der Waals surface area (Å²) in [7, 11) is 0. The third kappa shape index (κ3) is 5.62. The number of rotatable bonds is 7. The maximum absolute atomic E-state index is 13.6. The van der Waals surface area contributed by atoms with Gasteiger partial charge in [-0.2, -0.15) is 0 Å². The lowest BCUT2D eigenvalue weighted by Crippen LogP contribution is -2.25. The number of unbranched alkanes of at least 4 members (excludes halogenated alkanes) is 1. The van der Waals surface area contributed by atoms with Crippen molar-refractivity contribution in [2.75, 3.05) is 0 Å². The van der Waals surface area contributed by atoms with Crippen molar-refractivity contribution >= 4 is 0 Å². The minimum atomic E-state index is -1.34. The molecule has 3 aliphatic carbocycles. The molecule has 1 aromatic rings.